The van der Waals surface area contributed by atoms with Crippen LogP contribution in [0.1, 0.15) is 56.4 Å². The summed E-state index contributed by atoms with van der Waals surface area (Å²) >= 11 is 0. The molecule has 0 aromatic carbocycles. The van der Waals surface area contributed by atoms with Gasteiger partial charge in [-0.3, -0.25) is 4.79 Å². The minimum Gasteiger partial charge on any atom is -0.452 e. The van der Waals surface area contributed by atoms with Crippen molar-refractivity contribution in [1.29, 1.82) is 0 Å². The number of rotatable bonds is 8. The van der Waals surface area contributed by atoms with Gasteiger partial charge in [-0.2, -0.15) is 5.10 Å². The van der Waals surface area contributed by atoms with Gasteiger partial charge in [0.25, 0.3) is 5.91 Å². The Morgan fingerprint density at radius 1 is 1.33 bits per heavy atom. The van der Waals surface area contributed by atoms with E-state index in [2.05, 4.69) is 10.1 Å². The fourth-order valence-electron chi connectivity index (χ4n) is 3.58. The van der Waals surface area contributed by atoms with E-state index in [1.165, 1.54) is 6.20 Å². The minimum atomic E-state index is -3.12. The first kappa shape index (κ1) is 22.2. The lowest BCUT2D eigenvalue weighted by Crippen LogP contribution is -2.43. The van der Waals surface area contributed by atoms with Crippen LogP contribution in [0.3, 0.4) is 0 Å². The van der Waals surface area contributed by atoms with Gasteiger partial charge in [0.05, 0.1) is 23.3 Å². The first-order valence-corrected chi connectivity index (χ1v) is 12.0. The second kappa shape index (κ2) is 9.11. The van der Waals surface area contributed by atoms with Crippen LogP contribution in [0.15, 0.2) is 18.5 Å². The third-order valence-electron chi connectivity index (χ3n) is 5.21. The van der Waals surface area contributed by atoms with Gasteiger partial charge in [0.15, 0.2) is 22.1 Å². The van der Waals surface area contributed by atoms with Crippen LogP contribution in [0.25, 0.3) is 11.0 Å². The van der Waals surface area contributed by atoms with E-state index in [4.69, 9.17) is 4.74 Å². The molecule has 0 spiro atoms. The molecule has 1 fully saturated rings. The highest BCUT2D eigenvalue weighted by atomic mass is 32.2. The quantitative estimate of drug-likeness (QED) is 0.582. The van der Waals surface area contributed by atoms with Crippen LogP contribution in [-0.2, 0) is 19.4 Å². The van der Waals surface area contributed by atoms with Crippen LogP contribution in [0, 0.1) is 0 Å². The molecule has 1 aliphatic rings. The number of carbonyl (C=O) groups excluding carboxylic acids is 2. The van der Waals surface area contributed by atoms with E-state index in [-0.39, 0.29) is 35.1 Å². The van der Waals surface area contributed by atoms with E-state index in [0.717, 1.165) is 12.8 Å². The van der Waals surface area contributed by atoms with Gasteiger partial charge in [0, 0.05) is 30.2 Å². The average Bonchev–Trinajstić information content (AvgIpc) is 3.28. The maximum absolute atomic E-state index is 12.7. The van der Waals surface area contributed by atoms with Crippen molar-refractivity contribution in [2.45, 2.75) is 52.1 Å². The van der Waals surface area contributed by atoms with Gasteiger partial charge in [0.2, 0.25) is 0 Å². The Morgan fingerprint density at radius 3 is 2.73 bits per heavy atom. The second-order valence-corrected chi connectivity index (χ2v) is 10.1. The average molecular weight is 437 g/mol. The van der Waals surface area contributed by atoms with E-state index in [0.29, 0.717) is 24.0 Å². The number of unbranched alkanes of at least 4 members (excludes halogenated alkanes) is 1. The standard InChI is InChI=1S/C20H28N4O5S/c1-4-5-7-23(17-6-8-30(27,28)13-17)18(25)12-29-20(26)16-9-15-11-22-24(14(2)3)19(15)21-10-16/h9-11,14,17H,4-8,12-13H2,1-3H3. The van der Waals surface area contributed by atoms with Crippen molar-refractivity contribution in [1.82, 2.24) is 19.7 Å². The predicted molar refractivity (Wildman–Crippen MR) is 112 cm³/mol. The maximum atomic E-state index is 12.7. The zero-order valence-corrected chi connectivity index (χ0v) is 18.4. The molecule has 0 radical (unpaired) electrons. The Kier molecular flexibility index (Phi) is 6.74. The summed E-state index contributed by atoms with van der Waals surface area (Å²) in [5, 5.41) is 4.98. The molecule has 9 nitrogen and oxygen atoms in total. The number of sulfone groups is 1. The molecule has 30 heavy (non-hydrogen) atoms. The Bertz CT molecular complexity index is 1030. The van der Waals surface area contributed by atoms with E-state index in [1.54, 1.807) is 21.8 Å². The molecule has 164 valence electrons. The number of pyridine rings is 1. The SMILES string of the molecule is CCCCN(C(=O)COC(=O)c1cnc2c(cnn2C(C)C)c1)C1CCS(=O)(=O)C1. The number of amides is 1. The predicted octanol–water partition coefficient (Wildman–Crippen LogP) is 1.98. The summed E-state index contributed by atoms with van der Waals surface area (Å²) in [7, 11) is -3.12. The molecule has 2 aromatic heterocycles. The van der Waals surface area contributed by atoms with E-state index in [9.17, 15) is 18.0 Å². The van der Waals surface area contributed by atoms with Crippen molar-refractivity contribution in [2.24, 2.45) is 0 Å². The normalized spacial score (nSPS) is 18.1. The molecule has 1 saturated heterocycles. The zero-order chi connectivity index (χ0) is 21.9. The first-order valence-electron chi connectivity index (χ1n) is 10.2. The van der Waals surface area contributed by atoms with Gasteiger partial charge in [-0.05, 0) is 32.8 Å². The third-order valence-corrected chi connectivity index (χ3v) is 6.96. The molecule has 0 bridgehead atoms. The molecule has 1 atom stereocenters. The lowest BCUT2D eigenvalue weighted by Gasteiger charge is -2.28. The zero-order valence-electron chi connectivity index (χ0n) is 17.6. The Morgan fingerprint density at radius 2 is 2.10 bits per heavy atom. The van der Waals surface area contributed by atoms with Crippen LogP contribution >= 0.6 is 0 Å². The van der Waals surface area contributed by atoms with Crippen molar-refractivity contribution in [2.75, 3.05) is 24.7 Å². The van der Waals surface area contributed by atoms with Crippen molar-refractivity contribution in [3.63, 3.8) is 0 Å². The fraction of sp³-hybridized carbons (Fsp3) is 0.600. The van der Waals surface area contributed by atoms with Crippen LogP contribution in [-0.4, -0.2) is 70.7 Å². The summed E-state index contributed by atoms with van der Waals surface area (Å²) in [6, 6.07) is 1.42. The van der Waals surface area contributed by atoms with Crippen LogP contribution in [0.2, 0.25) is 0 Å². The number of hydrogen-bond acceptors (Lipinski definition) is 7. The monoisotopic (exact) mass is 436 g/mol. The molecule has 3 rings (SSSR count). The van der Waals surface area contributed by atoms with Crippen LogP contribution < -0.4 is 0 Å². The smallest absolute Gasteiger partial charge is 0.340 e. The molecule has 0 N–H and O–H groups in total. The maximum Gasteiger partial charge on any atom is 0.340 e. The molecular weight excluding hydrogens is 408 g/mol. The second-order valence-electron chi connectivity index (χ2n) is 7.89. The van der Waals surface area contributed by atoms with Crippen molar-refractivity contribution >= 4 is 32.7 Å². The summed E-state index contributed by atoms with van der Waals surface area (Å²) in [5.41, 5.74) is 0.910. The number of hydrogen-bond donors (Lipinski definition) is 0. The van der Waals surface area contributed by atoms with Gasteiger partial charge < -0.3 is 9.64 Å². The molecular formula is C20H28N4O5S. The molecule has 0 aliphatic carbocycles. The third kappa shape index (κ3) is 4.97. The number of fused-ring (bicyclic) bond motifs is 1. The highest BCUT2D eigenvalue weighted by Crippen LogP contribution is 2.20. The molecule has 1 amide bonds. The Balaban J connectivity index is 1.66. The van der Waals surface area contributed by atoms with Gasteiger partial charge >= 0.3 is 5.97 Å². The molecule has 1 aliphatic heterocycles. The van der Waals surface area contributed by atoms with Crippen molar-refractivity contribution in [3.8, 4) is 0 Å². The number of ether oxygens (including phenoxy) is 1. The molecule has 2 aromatic rings. The number of esters is 1. The Labute approximate surface area is 176 Å². The topological polar surface area (TPSA) is 111 Å². The largest absolute Gasteiger partial charge is 0.452 e. The summed E-state index contributed by atoms with van der Waals surface area (Å²) in [5.74, 6) is -0.968. The van der Waals surface area contributed by atoms with Gasteiger partial charge in [-0.15, -0.1) is 0 Å². The van der Waals surface area contributed by atoms with Crippen LogP contribution in [0.5, 0.6) is 0 Å². The highest BCUT2D eigenvalue weighted by molar-refractivity contribution is 7.91. The number of carbonyl (C=O) groups is 2. The summed E-state index contributed by atoms with van der Waals surface area (Å²) in [6.45, 7) is 6.00. The van der Waals surface area contributed by atoms with Gasteiger partial charge in [-0.1, -0.05) is 13.3 Å². The molecule has 3 heterocycles. The Hall–Kier alpha value is -2.49. The van der Waals surface area contributed by atoms with E-state index in [1.807, 2.05) is 20.8 Å². The molecule has 10 heteroatoms. The highest BCUT2D eigenvalue weighted by Gasteiger charge is 2.34. The van der Waals surface area contributed by atoms with E-state index >= 15 is 0 Å². The molecule has 0 saturated carbocycles. The van der Waals surface area contributed by atoms with Gasteiger partial charge in [-0.25, -0.2) is 22.9 Å². The van der Waals surface area contributed by atoms with Crippen molar-refractivity contribution in [3.05, 3.63) is 24.0 Å². The number of nitrogens with zero attached hydrogens (tertiary/aromatic N) is 4. The van der Waals surface area contributed by atoms with Crippen LogP contribution in [0.4, 0.5) is 0 Å². The molecule has 1 unspecified atom stereocenters. The summed E-state index contributed by atoms with van der Waals surface area (Å²) in [4.78, 5) is 31.0. The van der Waals surface area contributed by atoms with E-state index < -0.39 is 22.4 Å². The van der Waals surface area contributed by atoms with Crippen molar-refractivity contribution < 1.29 is 22.7 Å². The lowest BCUT2D eigenvalue weighted by molar-refractivity contribution is -0.136. The summed E-state index contributed by atoms with van der Waals surface area (Å²) < 4.78 is 30.6. The lowest BCUT2D eigenvalue weighted by atomic mass is 10.2. The fourth-order valence-corrected chi connectivity index (χ4v) is 5.31. The van der Waals surface area contributed by atoms with Gasteiger partial charge in [0.1, 0.15) is 0 Å². The summed E-state index contributed by atoms with van der Waals surface area (Å²) in [6.07, 6.45) is 5.10. The minimum absolute atomic E-state index is 0.0309. The first-order chi connectivity index (χ1) is 14.2. The number of aromatic nitrogens is 3.